The molecule has 1 saturated heterocycles. The molecule has 0 aromatic heterocycles. The Labute approximate surface area is 245 Å². The number of non-ortho nitro benzene ring substituents is 1. The van der Waals surface area contributed by atoms with Crippen molar-refractivity contribution >= 4 is 46.5 Å². The summed E-state index contributed by atoms with van der Waals surface area (Å²) in [6.45, 7) is 0. The quantitative estimate of drug-likeness (QED) is 0.172. The lowest BCUT2D eigenvalue weighted by Gasteiger charge is -2.38. The van der Waals surface area contributed by atoms with Crippen LogP contribution in [0.3, 0.4) is 0 Å². The van der Waals surface area contributed by atoms with Gasteiger partial charge >= 0.3 is 0 Å². The molecule has 8 nitrogen and oxygen atoms in total. The molecule has 1 N–H and O–H groups in total. The van der Waals surface area contributed by atoms with E-state index >= 15 is 0 Å². The number of nitro groups is 1. The molecule has 0 aliphatic carbocycles. The SMILES string of the molecule is O=C(c1ccccc1Cl)[C@@H]1[C@@H](C(=O)c2ccc([N+](=O)[O-])cc2)[C@@]2(C(=O)Nc3ccccc32)[C@H]2c3ccccc3C=CN12. The summed E-state index contributed by atoms with van der Waals surface area (Å²) in [6, 6.07) is 25.0. The van der Waals surface area contributed by atoms with Crippen molar-refractivity contribution in [2.45, 2.75) is 17.5 Å². The van der Waals surface area contributed by atoms with Crippen LogP contribution in [0.5, 0.6) is 0 Å². The number of hydrogen-bond donors (Lipinski definition) is 1. The molecule has 9 heteroatoms. The number of carbonyl (C=O) groups excluding carboxylic acids is 3. The van der Waals surface area contributed by atoms with Gasteiger partial charge in [-0.25, -0.2) is 0 Å². The zero-order valence-electron chi connectivity index (χ0n) is 21.9. The minimum absolute atomic E-state index is 0.163. The molecule has 1 amide bonds. The van der Waals surface area contributed by atoms with Gasteiger partial charge in [-0.05, 0) is 53.1 Å². The summed E-state index contributed by atoms with van der Waals surface area (Å²) in [5, 5.41) is 14.6. The molecule has 206 valence electrons. The van der Waals surface area contributed by atoms with Crippen LogP contribution >= 0.6 is 11.6 Å². The van der Waals surface area contributed by atoms with Crippen LogP contribution in [0, 0.1) is 16.0 Å². The van der Waals surface area contributed by atoms with Crippen LogP contribution in [0.2, 0.25) is 5.02 Å². The number of amides is 1. The Hall–Kier alpha value is -5.08. The highest BCUT2D eigenvalue weighted by Crippen LogP contribution is 2.62. The van der Waals surface area contributed by atoms with Crippen molar-refractivity contribution in [2.75, 3.05) is 5.32 Å². The number of ketones is 2. The Morgan fingerprint density at radius 1 is 0.881 bits per heavy atom. The van der Waals surface area contributed by atoms with Gasteiger partial charge in [0.25, 0.3) is 5.69 Å². The first kappa shape index (κ1) is 25.9. The summed E-state index contributed by atoms with van der Waals surface area (Å²) in [5.74, 6) is -2.46. The molecule has 3 heterocycles. The van der Waals surface area contributed by atoms with Gasteiger partial charge in [-0.1, -0.05) is 66.2 Å². The van der Waals surface area contributed by atoms with Crippen molar-refractivity contribution in [2.24, 2.45) is 5.92 Å². The van der Waals surface area contributed by atoms with Gasteiger partial charge < -0.3 is 10.2 Å². The second-order valence-electron chi connectivity index (χ2n) is 10.6. The van der Waals surface area contributed by atoms with E-state index in [9.17, 15) is 24.5 Å². The zero-order valence-corrected chi connectivity index (χ0v) is 22.7. The van der Waals surface area contributed by atoms with Crippen LogP contribution in [0.15, 0.2) is 103 Å². The molecule has 0 bridgehead atoms. The van der Waals surface area contributed by atoms with Crippen LogP contribution < -0.4 is 5.32 Å². The average molecular weight is 576 g/mol. The topological polar surface area (TPSA) is 110 Å². The summed E-state index contributed by atoms with van der Waals surface area (Å²) in [5.41, 5.74) is 1.60. The van der Waals surface area contributed by atoms with E-state index in [1.807, 2.05) is 47.4 Å². The molecule has 7 rings (SSSR count). The Kier molecular flexibility index (Phi) is 5.85. The number of anilines is 1. The summed E-state index contributed by atoms with van der Waals surface area (Å²) in [6.07, 6.45) is 3.66. The number of benzene rings is 4. The van der Waals surface area contributed by atoms with E-state index in [1.54, 1.807) is 42.6 Å². The fourth-order valence-electron chi connectivity index (χ4n) is 6.92. The summed E-state index contributed by atoms with van der Waals surface area (Å²) in [4.78, 5) is 56.4. The molecular weight excluding hydrogens is 554 g/mol. The van der Waals surface area contributed by atoms with Gasteiger partial charge in [0.1, 0.15) is 11.5 Å². The molecule has 42 heavy (non-hydrogen) atoms. The lowest BCUT2D eigenvalue weighted by atomic mass is 9.62. The third-order valence-corrected chi connectivity index (χ3v) is 8.95. The van der Waals surface area contributed by atoms with Gasteiger partial charge in [-0.15, -0.1) is 0 Å². The predicted octanol–water partition coefficient (Wildman–Crippen LogP) is 6.23. The van der Waals surface area contributed by atoms with E-state index in [2.05, 4.69) is 5.32 Å². The van der Waals surface area contributed by atoms with Gasteiger partial charge in [0.15, 0.2) is 11.6 Å². The number of nitrogens with one attached hydrogen (secondary N) is 1. The first-order valence-corrected chi connectivity index (χ1v) is 13.7. The van der Waals surface area contributed by atoms with Crippen molar-refractivity contribution in [1.29, 1.82) is 0 Å². The maximum absolute atomic E-state index is 14.7. The molecule has 4 atom stereocenters. The number of Topliss-reactive ketones (excluding diaryl/α,β-unsaturated/α-hetero) is 2. The standard InChI is InChI=1S/C33H22ClN3O5/c34-25-11-5-3-9-23(25)30(39)28-27(29(38)20-13-15-21(16-14-20)37(41)42)33(24-10-4-6-12-26(24)35-32(33)40)31-22-8-2-1-7-19(22)17-18-36(28)31/h1-18,27-28,31H,(H,35,40)/t27-,28-,31+,33+/m0/s1. The Morgan fingerprint density at radius 2 is 1.57 bits per heavy atom. The highest BCUT2D eigenvalue weighted by atomic mass is 35.5. The fourth-order valence-corrected chi connectivity index (χ4v) is 7.14. The molecule has 1 fully saturated rings. The molecule has 0 radical (unpaired) electrons. The Morgan fingerprint density at radius 3 is 2.33 bits per heavy atom. The van der Waals surface area contributed by atoms with E-state index < -0.39 is 45.8 Å². The molecule has 0 unspecified atom stereocenters. The molecule has 0 saturated carbocycles. The van der Waals surface area contributed by atoms with Gasteiger partial charge in [0, 0.05) is 35.1 Å². The van der Waals surface area contributed by atoms with Crippen molar-refractivity contribution < 1.29 is 19.3 Å². The van der Waals surface area contributed by atoms with Gasteiger partial charge in [-0.3, -0.25) is 24.5 Å². The van der Waals surface area contributed by atoms with E-state index in [0.29, 0.717) is 11.3 Å². The van der Waals surface area contributed by atoms with Crippen LogP contribution in [0.4, 0.5) is 11.4 Å². The first-order valence-electron chi connectivity index (χ1n) is 13.4. The normalized spacial score (nSPS) is 23.2. The third-order valence-electron chi connectivity index (χ3n) is 8.62. The van der Waals surface area contributed by atoms with E-state index in [0.717, 1.165) is 11.1 Å². The number of halogens is 1. The van der Waals surface area contributed by atoms with Gasteiger partial charge in [0.2, 0.25) is 5.91 Å². The Balaban J connectivity index is 1.53. The van der Waals surface area contributed by atoms with Gasteiger partial charge in [-0.2, -0.15) is 0 Å². The van der Waals surface area contributed by atoms with Crippen molar-refractivity contribution in [1.82, 2.24) is 4.90 Å². The molecule has 3 aliphatic heterocycles. The van der Waals surface area contributed by atoms with Crippen LogP contribution in [0.1, 0.15) is 43.4 Å². The van der Waals surface area contributed by atoms with E-state index in [1.165, 1.54) is 24.3 Å². The molecule has 4 aromatic carbocycles. The fraction of sp³-hybridized carbons (Fsp3) is 0.121. The number of fused-ring (bicyclic) bond motifs is 6. The lowest BCUT2D eigenvalue weighted by Crippen LogP contribution is -2.49. The number of nitro benzene ring substituents is 1. The highest BCUT2D eigenvalue weighted by molar-refractivity contribution is 6.34. The summed E-state index contributed by atoms with van der Waals surface area (Å²) >= 11 is 6.52. The van der Waals surface area contributed by atoms with Gasteiger partial charge in [0.05, 0.1) is 21.9 Å². The second kappa shape index (κ2) is 9.49. The van der Waals surface area contributed by atoms with E-state index in [-0.39, 0.29) is 21.8 Å². The Bertz CT molecular complexity index is 1850. The lowest BCUT2D eigenvalue weighted by molar-refractivity contribution is -0.384. The predicted molar refractivity (Wildman–Crippen MR) is 157 cm³/mol. The second-order valence-corrected chi connectivity index (χ2v) is 11.0. The van der Waals surface area contributed by atoms with E-state index in [4.69, 9.17) is 11.6 Å². The molecule has 1 spiro atoms. The smallest absolute Gasteiger partial charge is 0.269 e. The minimum atomic E-state index is -1.50. The number of para-hydroxylation sites is 1. The van der Waals surface area contributed by atoms with Crippen molar-refractivity contribution in [3.8, 4) is 0 Å². The number of rotatable bonds is 5. The van der Waals surface area contributed by atoms with Crippen LogP contribution in [0.25, 0.3) is 6.08 Å². The highest BCUT2D eigenvalue weighted by Gasteiger charge is 2.70. The molecular formula is C33H22ClN3O5. The largest absolute Gasteiger partial charge is 0.358 e. The third kappa shape index (κ3) is 3.51. The average Bonchev–Trinajstić information content (AvgIpc) is 3.49. The van der Waals surface area contributed by atoms with Crippen molar-refractivity contribution in [3.63, 3.8) is 0 Å². The summed E-state index contributed by atoms with van der Waals surface area (Å²) < 4.78 is 0. The number of carbonyl (C=O) groups is 3. The summed E-state index contributed by atoms with van der Waals surface area (Å²) in [7, 11) is 0. The minimum Gasteiger partial charge on any atom is -0.358 e. The van der Waals surface area contributed by atoms with Crippen LogP contribution in [-0.4, -0.2) is 33.3 Å². The number of nitrogens with zero attached hydrogens (tertiary/aromatic N) is 2. The monoisotopic (exact) mass is 575 g/mol. The maximum atomic E-state index is 14.7. The first-order chi connectivity index (χ1) is 20.3. The maximum Gasteiger partial charge on any atom is 0.269 e. The number of hydrogen-bond acceptors (Lipinski definition) is 6. The van der Waals surface area contributed by atoms with Crippen molar-refractivity contribution in [3.05, 3.63) is 146 Å². The molecule has 4 aromatic rings. The molecule has 3 aliphatic rings. The van der Waals surface area contributed by atoms with Crippen LogP contribution in [-0.2, 0) is 10.2 Å². The zero-order chi connectivity index (χ0) is 29.2.